The third kappa shape index (κ3) is 2.90. The highest BCUT2D eigenvalue weighted by molar-refractivity contribution is 6.13. The molecular formula is C20H14F3N3. The van der Waals surface area contributed by atoms with Gasteiger partial charge in [-0.05, 0) is 46.8 Å². The van der Waals surface area contributed by atoms with Gasteiger partial charge < -0.3 is 10.6 Å². The fourth-order valence-electron chi connectivity index (χ4n) is 3.08. The summed E-state index contributed by atoms with van der Waals surface area (Å²) in [5, 5.41) is 15.9. The normalized spacial score (nSPS) is 12.4. The van der Waals surface area contributed by atoms with Crippen LogP contribution >= 0.6 is 0 Å². The maximum Gasteiger partial charge on any atom is 0.416 e. The molecule has 0 unspecified atom stereocenters. The van der Waals surface area contributed by atoms with Gasteiger partial charge in [0.1, 0.15) is 0 Å². The number of hydrogen-bond acceptors (Lipinski definition) is 1. The maximum absolute atomic E-state index is 12.6. The van der Waals surface area contributed by atoms with Crippen LogP contribution in [0.15, 0.2) is 54.6 Å². The summed E-state index contributed by atoms with van der Waals surface area (Å²) in [5.74, 6) is -0.0172. The largest absolute Gasteiger partial charge is 0.416 e. The van der Waals surface area contributed by atoms with Gasteiger partial charge in [-0.2, -0.15) is 13.2 Å². The molecule has 3 aromatic rings. The van der Waals surface area contributed by atoms with Gasteiger partial charge in [-0.25, -0.2) is 0 Å². The standard InChI is InChI=1S/C20H14F3N3/c21-20(22,23)14-7-9-15(10-8-14)25-19(24)26-17-11-6-13-5-4-12-2-1-3-16(17)18(12)13/h1-11H,(H3,24,25,26). The fraction of sp³-hybridized carbons (Fsp3) is 0.0500. The third-order valence-electron chi connectivity index (χ3n) is 4.29. The van der Waals surface area contributed by atoms with Gasteiger partial charge in [-0.3, -0.25) is 5.41 Å². The highest BCUT2D eigenvalue weighted by atomic mass is 19.4. The first-order valence-corrected chi connectivity index (χ1v) is 7.95. The summed E-state index contributed by atoms with van der Waals surface area (Å²) in [6.45, 7) is 0. The highest BCUT2D eigenvalue weighted by Crippen LogP contribution is 2.35. The fourth-order valence-corrected chi connectivity index (χ4v) is 3.08. The van der Waals surface area contributed by atoms with Gasteiger partial charge >= 0.3 is 6.18 Å². The second-order valence-electron chi connectivity index (χ2n) is 6.01. The van der Waals surface area contributed by atoms with Gasteiger partial charge in [0.2, 0.25) is 0 Å². The minimum Gasteiger partial charge on any atom is -0.326 e. The Hall–Kier alpha value is -3.28. The van der Waals surface area contributed by atoms with E-state index in [4.69, 9.17) is 5.41 Å². The molecule has 0 radical (unpaired) electrons. The van der Waals surface area contributed by atoms with E-state index >= 15 is 0 Å². The van der Waals surface area contributed by atoms with Crippen LogP contribution in [0.4, 0.5) is 24.5 Å². The Bertz CT molecular complexity index is 1020. The van der Waals surface area contributed by atoms with Crippen molar-refractivity contribution in [1.82, 2.24) is 0 Å². The van der Waals surface area contributed by atoms with Crippen LogP contribution in [0.5, 0.6) is 0 Å². The van der Waals surface area contributed by atoms with Crippen molar-refractivity contribution in [2.75, 3.05) is 10.6 Å². The predicted molar refractivity (Wildman–Crippen MR) is 99.3 cm³/mol. The van der Waals surface area contributed by atoms with E-state index in [-0.39, 0.29) is 5.96 Å². The molecule has 0 aromatic heterocycles. The minimum atomic E-state index is -4.37. The molecule has 0 amide bonds. The molecule has 6 heteroatoms. The summed E-state index contributed by atoms with van der Waals surface area (Å²) >= 11 is 0. The van der Waals surface area contributed by atoms with Gasteiger partial charge in [-0.15, -0.1) is 0 Å². The number of rotatable bonds is 2. The smallest absolute Gasteiger partial charge is 0.326 e. The lowest BCUT2D eigenvalue weighted by Crippen LogP contribution is -2.20. The molecule has 0 spiro atoms. The average Bonchev–Trinajstić information content (AvgIpc) is 3.02. The number of nitrogens with one attached hydrogen (secondary N) is 3. The van der Waals surface area contributed by atoms with E-state index in [9.17, 15) is 13.2 Å². The molecule has 1 aliphatic rings. The second kappa shape index (κ2) is 5.91. The first-order chi connectivity index (χ1) is 12.4. The van der Waals surface area contributed by atoms with Crippen LogP contribution in [0.25, 0.3) is 22.9 Å². The number of alkyl halides is 3. The molecular weight excluding hydrogens is 339 g/mol. The maximum atomic E-state index is 12.6. The van der Waals surface area contributed by atoms with E-state index in [0.29, 0.717) is 5.69 Å². The number of halogens is 3. The Labute approximate surface area is 147 Å². The molecule has 3 aromatic carbocycles. The average molecular weight is 353 g/mol. The first-order valence-electron chi connectivity index (χ1n) is 7.95. The Morgan fingerprint density at radius 1 is 0.808 bits per heavy atom. The van der Waals surface area contributed by atoms with Crippen LogP contribution in [0.3, 0.4) is 0 Å². The molecule has 0 atom stereocenters. The summed E-state index contributed by atoms with van der Waals surface area (Å²) in [6.07, 6.45) is -0.274. The molecule has 26 heavy (non-hydrogen) atoms. The lowest BCUT2D eigenvalue weighted by Gasteiger charge is -2.14. The predicted octanol–water partition coefficient (Wildman–Crippen LogP) is 5.80. The molecule has 0 aliphatic heterocycles. The molecule has 0 saturated carbocycles. The topological polar surface area (TPSA) is 47.9 Å². The quantitative estimate of drug-likeness (QED) is 0.315. The van der Waals surface area contributed by atoms with E-state index < -0.39 is 11.7 Å². The molecule has 3 nitrogen and oxygen atoms in total. The lowest BCUT2D eigenvalue weighted by molar-refractivity contribution is -0.137. The van der Waals surface area contributed by atoms with E-state index in [2.05, 4.69) is 10.6 Å². The minimum absolute atomic E-state index is 0.0172. The van der Waals surface area contributed by atoms with Gasteiger partial charge in [0.05, 0.1) is 5.56 Å². The van der Waals surface area contributed by atoms with Gasteiger partial charge in [-0.1, -0.05) is 36.4 Å². The monoisotopic (exact) mass is 353 g/mol. The zero-order valence-electron chi connectivity index (χ0n) is 13.5. The van der Waals surface area contributed by atoms with Crippen LogP contribution in [0.1, 0.15) is 16.7 Å². The zero-order valence-corrected chi connectivity index (χ0v) is 13.5. The Kier molecular flexibility index (Phi) is 3.68. The molecule has 4 rings (SSSR count). The van der Waals surface area contributed by atoms with Crippen molar-refractivity contribution in [2.45, 2.75) is 6.18 Å². The van der Waals surface area contributed by atoms with Crippen molar-refractivity contribution in [2.24, 2.45) is 0 Å². The van der Waals surface area contributed by atoms with Crippen molar-refractivity contribution in [1.29, 1.82) is 5.41 Å². The lowest BCUT2D eigenvalue weighted by atomic mass is 10.0. The van der Waals surface area contributed by atoms with Gasteiger partial charge in [0.25, 0.3) is 0 Å². The molecule has 3 N–H and O–H groups in total. The van der Waals surface area contributed by atoms with Crippen molar-refractivity contribution in [3.63, 3.8) is 0 Å². The van der Waals surface area contributed by atoms with Crippen LogP contribution < -0.4 is 10.6 Å². The van der Waals surface area contributed by atoms with Crippen LogP contribution in [-0.2, 0) is 6.18 Å². The number of hydrogen-bond donors (Lipinski definition) is 3. The molecule has 130 valence electrons. The van der Waals surface area contributed by atoms with Gasteiger partial charge in [0, 0.05) is 16.8 Å². The summed E-state index contributed by atoms with van der Waals surface area (Å²) in [5.41, 5.74) is 2.70. The summed E-state index contributed by atoms with van der Waals surface area (Å²) in [4.78, 5) is 0. The Morgan fingerprint density at radius 2 is 1.50 bits per heavy atom. The zero-order chi connectivity index (χ0) is 18.3. The van der Waals surface area contributed by atoms with Crippen LogP contribution in [0.2, 0.25) is 0 Å². The third-order valence-corrected chi connectivity index (χ3v) is 4.29. The summed E-state index contributed by atoms with van der Waals surface area (Å²) in [7, 11) is 0. The molecule has 1 aliphatic carbocycles. The summed E-state index contributed by atoms with van der Waals surface area (Å²) in [6, 6.07) is 14.4. The van der Waals surface area contributed by atoms with Crippen LogP contribution in [0, 0.1) is 5.41 Å². The number of benzene rings is 3. The first kappa shape index (κ1) is 16.2. The van der Waals surface area contributed by atoms with E-state index in [0.717, 1.165) is 39.7 Å². The van der Waals surface area contributed by atoms with E-state index in [1.165, 1.54) is 12.1 Å². The van der Waals surface area contributed by atoms with Gasteiger partial charge in [0.15, 0.2) is 5.96 Å². The number of guanidine groups is 1. The van der Waals surface area contributed by atoms with E-state index in [1.54, 1.807) is 0 Å². The Balaban J connectivity index is 1.54. The SMILES string of the molecule is N=C(Nc1ccc(C(F)(F)F)cc1)Nc1ccc2c3c(cccc13)C=C2. The molecule has 0 bridgehead atoms. The van der Waals surface area contributed by atoms with Crippen LogP contribution in [-0.4, -0.2) is 5.96 Å². The van der Waals surface area contributed by atoms with Crippen molar-refractivity contribution < 1.29 is 13.2 Å². The van der Waals surface area contributed by atoms with Crippen molar-refractivity contribution >= 4 is 40.3 Å². The van der Waals surface area contributed by atoms with E-state index in [1.807, 2.05) is 42.5 Å². The number of anilines is 2. The molecule has 0 heterocycles. The summed E-state index contributed by atoms with van der Waals surface area (Å²) < 4.78 is 37.8. The second-order valence-corrected chi connectivity index (χ2v) is 6.01. The van der Waals surface area contributed by atoms with Crippen molar-refractivity contribution in [3.8, 4) is 0 Å². The molecule has 0 fully saturated rings. The highest BCUT2D eigenvalue weighted by Gasteiger charge is 2.29. The Morgan fingerprint density at radius 3 is 2.19 bits per heavy atom. The molecule has 0 saturated heterocycles. The van der Waals surface area contributed by atoms with Crippen molar-refractivity contribution in [3.05, 3.63) is 71.3 Å².